The second-order valence-electron chi connectivity index (χ2n) is 4.95. The summed E-state index contributed by atoms with van der Waals surface area (Å²) in [7, 11) is 0. The monoisotopic (exact) mass is 314 g/mol. The van der Waals surface area contributed by atoms with Crippen LogP contribution in [-0.4, -0.2) is 12.6 Å². The van der Waals surface area contributed by atoms with Gasteiger partial charge in [0.1, 0.15) is 0 Å². The van der Waals surface area contributed by atoms with Gasteiger partial charge in [0.2, 0.25) is 0 Å². The van der Waals surface area contributed by atoms with Gasteiger partial charge < -0.3 is 11.1 Å². The molecule has 0 aliphatic carbocycles. The van der Waals surface area contributed by atoms with E-state index >= 15 is 0 Å². The number of hydrogen-bond acceptors (Lipinski definition) is 2. The molecule has 0 aromatic heterocycles. The van der Waals surface area contributed by atoms with E-state index in [1.54, 1.807) is 13.8 Å². The normalized spacial score (nSPS) is 14.6. The highest BCUT2D eigenvalue weighted by Gasteiger charge is 2.37. The van der Waals surface area contributed by atoms with E-state index in [0.29, 0.717) is 12.1 Å². The largest absolute Gasteiger partial charge is 0.416 e. The first-order valence-corrected chi connectivity index (χ1v) is 6.20. The highest BCUT2D eigenvalue weighted by Crippen LogP contribution is 2.37. The Morgan fingerprint density at radius 1 is 0.952 bits per heavy atom. The molecule has 1 aromatic carbocycles. The summed E-state index contributed by atoms with van der Waals surface area (Å²) in [5.41, 5.74) is 2.64. The summed E-state index contributed by atoms with van der Waals surface area (Å²) >= 11 is 0. The molecule has 0 aliphatic heterocycles. The third-order valence-corrected chi connectivity index (χ3v) is 2.78. The lowest BCUT2D eigenvalue weighted by atomic mass is 9.99. The highest BCUT2D eigenvalue weighted by molar-refractivity contribution is 5.35. The van der Waals surface area contributed by atoms with E-state index in [9.17, 15) is 26.3 Å². The van der Waals surface area contributed by atoms with Crippen LogP contribution in [0.2, 0.25) is 0 Å². The average Bonchev–Trinajstić information content (AvgIpc) is 2.33. The second kappa shape index (κ2) is 6.23. The van der Waals surface area contributed by atoms with Crippen LogP contribution in [0.4, 0.5) is 26.3 Å². The number of benzene rings is 1. The maximum Gasteiger partial charge on any atom is 0.416 e. The third-order valence-electron chi connectivity index (χ3n) is 2.78. The van der Waals surface area contributed by atoms with Gasteiger partial charge in [0.25, 0.3) is 0 Å². The van der Waals surface area contributed by atoms with E-state index in [1.165, 1.54) is 0 Å². The van der Waals surface area contributed by atoms with Crippen LogP contribution in [0.25, 0.3) is 0 Å². The van der Waals surface area contributed by atoms with Crippen molar-refractivity contribution >= 4 is 0 Å². The summed E-state index contributed by atoms with van der Waals surface area (Å²) < 4.78 is 76.5. The van der Waals surface area contributed by atoms with Crippen molar-refractivity contribution in [3.8, 4) is 0 Å². The van der Waals surface area contributed by atoms with Crippen molar-refractivity contribution in [1.29, 1.82) is 0 Å². The van der Waals surface area contributed by atoms with Crippen molar-refractivity contribution in [3.05, 3.63) is 34.9 Å². The van der Waals surface area contributed by atoms with Gasteiger partial charge >= 0.3 is 12.4 Å². The van der Waals surface area contributed by atoms with Crippen molar-refractivity contribution in [1.82, 2.24) is 5.32 Å². The summed E-state index contributed by atoms with van der Waals surface area (Å²) in [5, 5.41) is 2.84. The molecule has 0 fully saturated rings. The Morgan fingerprint density at radius 3 is 1.67 bits per heavy atom. The van der Waals surface area contributed by atoms with Crippen LogP contribution < -0.4 is 11.1 Å². The number of halogens is 6. The van der Waals surface area contributed by atoms with Crippen molar-refractivity contribution in [2.45, 2.75) is 38.3 Å². The summed E-state index contributed by atoms with van der Waals surface area (Å²) in [5.74, 6) is 0. The van der Waals surface area contributed by atoms with Gasteiger partial charge in [0.05, 0.1) is 11.1 Å². The molecular formula is C13H16F6N2. The highest BCUT2D eigenvalue weighted by atomic mass is 19.4. The molecule has 0 heterocycles. The summed E-state index contributed by atoms with van der Waals surface area (Å²) in [4.78, 5) is 0. The first kappa shape index (κ1) is 17.8. The van der Waals surface area contributed by atoms with Gasteiger partial charge in [-0.05, 0) is 23.8 Å². The first-order chi connectivity index (χ1) is 9.45. The summed E-state index contributed by atoms with van der Waals surface area (Å²) in [6, 6.07) is 0.576. The predicted octanol–water partition coefficient (Wildman–Crippen LogP) is 3.72. The second-order valence-corrected chi connectivity index (χ2v) is 4.95. The molecule has 1 aromatic rings. The predicted molar refractivity (Wildman–Crippen MR) is 66.5 cm³/mol. The van der Waals surface area contributed by atoms with Gasteiger partial charge in [-0.25, -0.2) is 0 Å². The Kier molecular flexibility index (Phi) is 5.27. The molecular weight excluding hydrogens is 298 g/mol. The third kappa shape index (κ3) is 4.89. The van der Waals surface area contributed by atoms with Crippen LogP contribution in [0.15, 0.2) is 18.2 Å². The Bertz CT molecular complexity index is 446. The van der Waals surface area contributed by atoms with Gasteiger partial charge in [0, 0.05) is 18.6 Å². The molecule has 3 N–H and O–H groups in total. The minimum atomic E-state index is -4.85. The molecule has 0 aliphatic rings. The minimum absolute atomic E-state index is 0.104. The molecule has 2 nitrogen and oxygen atoms in total. The molecule has 1 unspecified atom stereocenters. The van der Waals surface area contributed by atoms with Gasteiger partial charge in [-0.3, -0.25) is 0 Å². The van der Waals surface area contributed by atoms with E-state index in [-0.39, 0.29) is 24.2 Å². The molecule has 0 amide bonds. The molecule has 8 heteroatoms. The zero-order chi connectivity index (χ0) is 16.4. The van der Waals surface area contributed by atoms with Crippen LogP contribution >= 0.6 is 0 Å². The molecule has 0 saturated heterocycles. The summed E-state index contributed by atoms with van der Waals surface area (Å²) in [6.07, 6.45) is -9.71. The molecule has 120 valence electrons. The number of rotatable bonds is 4. The lowest BCUT2D eigenvalue weighted by molar-refractivity contribution is -0.143. The molecule has 21 heavy (non-hydrogen) atoms. The van der Waals surface area contributed by atoms with Crippen LogP contribution in [0.3, 0.4) is 0 Å². The molecule has 0 radical (unpaired) electrons. The van der Waals surface area contributed by atoms with E-state index in [2.05, 4.69) is 5.32 Å². The van der Waals surface area contributed by atoms with Crippen molar-refractivity contribution in [2.24, 2.45) is 5.73 Å². The van der Waals surface area contributed by atoms with Gasteiger partial charge in [-0.1, -0.05) is 13.8 Å². The zero-order valence-corrected chi connectivity index (χ0v) is 11.4. The van der Waals surface area contributed by atoms with Gasteiger partial charge in [-0.15, -0.1) is 0 Å². The fraction of sp³-hybridized carbons (Fsp3) is 0.538. The minimum Gasteiger partial charge on any atom is -0.329 e. The van der Waals surface area contributed by atoms with E-state index in [1.807, 2.05) is 0 Å². The quantitative estimate of drug-likeness (QED) is 0.831. The summed E-state index contributed by atoms with van der Waals surface area (Å²) in [6.45, 7) is 3.33. The number of hydrogen-bond donors (Lipinski definition) is 2. The van der Waals surface area contributed by atoms with E-state index in [0.717, 1.165) is 0 Å². The van der Waals surface area contributed by atoms with Crippen LogP contribution in [0, 0.1) is 0 Å². The van der Waals surface area contributed by atoms with Crippen LogP contribution in [0.5, 0.6) is 0 Å². The van der Waals surface area contributed by atoms with E-state index in [4.69, 9.17) is 5.73 Å². The average molecular weight is 314 g/mol. The lowest BCUT2D eigenvalue weighted by Gasteiger charge is -2.22. The fourth-order valence-electron chi connectivity index (χ4n) is 1.88. The molecule has 1 rings (SSSR count). The van der Waals surface area contributed by atoms with Crippen LogP contribution in [-0.2, 0) is 12.4 Å². The van der Waals surface area contributed by atoms with Crippen molar-refractivity contribution in [2.75, 3.05) is 6.54 Å². The topological polar surface area (TPSA) is 38.0 Å². The van der Waals surface area contributed by atoms with Crippen LogP contribution in [0.1, 0.15) is 36.6 Å². The number of alkyl halides is 6. The zero-order valence-electron chi connectivity index (χ0n) is 11.4. The molecule has 1 atom stereocenters. The Balaban J connectivity index is 3.37. The number of nitrogens with two attached hydrogens (primary N) is 1. The van der Waals surface area contributed by atoms with Gasteiger partial charge in [-0.2, -0.15) is 26.3 Å². The Morgan fingerprint density at radius 2 is 1.38 bits per heavy atom. The van der Waals surface area contributed by atoms with Crippen molar-refractivity contribution in [3.63, 3.8) is 0 Å². The fourth-order valence-corrected chi connectivity index (χ4v) is 1.88. The molecule has 0 saturated carbocycles. The molecule has 0 spiro atoms. The van der Waals surface area contributed by atoms with Crippen molar-refractivity contribution < 1.29 is 26.3 Å². The smallest absolute Gasteiger partial charge is 0.329 e. The van der Waals surface area contributed by atoms with Gasteiger partial charge in [0.15, 0.2) is 0 Å². The lowest BCUT2D eigenvalue weighted by Crippen LogP contribution is -2.33. The van der Waals surface area contributed by atoms with E-state index < -0.39 is 29.5 Å². The maximum atomic E-state index is 12.7. The first-order valence-electron chi connectivity index (χ1n) is 6.20. The standard InChI is InChI=1S/C13H16F6N2/c1-7(2)21-11(6-20)8-3-9(12(14,15)16)5-10(4-8)13(17,18)19/h3-5,7,11,21H,6,20H2,1-2H3. The maximum absolute atomic E-state index is 12.7. The SMILES string of the molecule is CC(C)NC(CN)c1cc(C(F)(F)F)cc(C(F)(F)F)c1. The Labute approximate surface area is 118 Å². The number of nitrogens with one attached hydrogen (secondary N) is 1. The molecule has 0 bridgehead atoms. The Hall–Kier alpha value is -1.28.